The van der Waals surface area contributed by atoms with Gasteiger partial charge in [0, 0.05) is 4.91 Å². The van der Waals surface area contributed by atoms with E-state index < -0.39 is 11.9 Å². The van der Waals surface area contributed by atoms with Crippen molar-refractivity contribution in [3.8, 4) is 0 Å². The Bertz CT molecular complexity index is 177. The van der Waals surface area contributed by atoms with Crippen LogP contribution in [0.15, 0.2) is 5.11 Å². The van der Waals surface area contributed by atoms with Crippen molar-refractivity contribution in [2.45, 2.75) is 12.5 Å². The molecule has 0 aromatic rings. The van der Waals surface area contributed by atoms with Gasteiger partial charge in [-0.1, -0.05) is 0 Å². The number of carbonyl (C=O) groups is 1. The lowest BCUT2D eigenvalue weighted by molar-refractivity contribution is -0.119. The molecule has 0 aromatic carbocycles. The Morgan fingerprint density at radius 1 is 1.91 bits per heavy atom. The maximum atomic E-state index is 10.7. The summed E-state index contributed by atoms with van der Waals surface area (Å²) in [6, 6.07) is -0.640. The van der Waals surface area contributed by atoms with Crippen LogP contribution in [0, 0.1) is 0 Å². The van der Waals surface area contributed by atoms with Gasteiger partial charge in [0.1, 0.15) is 0 Å². The highest BCUT2D eigenvalue weighted by atomic mass is 32.2. The SMILES string of the molecule is CSCC[C@H](N)C(=O)N=[N+]=[N-]. The van der Waals surface area contributed by atoms with Crippen LogP contribution in [0.4, 0.5) is 0 Å². The summed E-state index contributed by atoms with van der Waals surface area (Å²) in [5, 5.41) is 2.88. The molecule has 0 unspecified atom stereocenters. The summed E-state index contributed by atoms with van der Waals surface area (Å²) in [6.07, 6.45) is 2.48. The van der Waals surface area contributed by atoms with Gasteiger partial charge in [0.25, 0.3) is 0 Å². The Balaban J connectivity index is 3.73. The Morgan fingerprint density at radius 2 is 2.55 bits per heavy atom. The zero-order valence-electron chi connectivity index (χ0n) is 6.23. The molecule has 62 valence electrons. The average Bonchev–Trinajstić information content (AvgIpc) is 2.00. The van der Waals surface area contributed by atoms with E-state index in [-0.39, 0.29) is 0 Å². The molecule has 0 aromatic heterocycles. The van der Waals surface area contributed by atoms with Crippen molar-refractivity contribution in [3.05, 3.63) is 10.4 Å². The second-order valence-corrected chi connectivity index (χ2v) is 2.90. The molecule has 0 radical (unpaired) electrons. The molecule has 5 nitrogen and oxygen atoms in total. The van der Waals surface area contributed by atoms with Gasteiger partial charge in [-0.3, -0.25) is 4.79 Å². The first-order valence-corrected chi connectivity index (χ1v) is 4.45. The fraction of sp³-hybridized carbons (Fsp3) is 0.800. The Hall–Kier alpha value is -0.710. The van der Waals surface area contributed by atoms with E-state index in [2.05, 4.69) is 10.0 Å². The summed E-state index contributed by atoms with van der Waals surface area (Å²) in [5.74, 6) is 0.218. The van der Waals surface area contributed by atoms with Crippen LogP contribution < -0.4 is 5.73 Å². The van der Waals surface area contributed by atoms with E-state index in [0.717, 1.165) is 5.75 Å². The Kier molecular flexibility index (Phi) is 5.64. The van der Waals surface area contributed by atoms with Crippen molar-refractivity contribution < 1.29 is 4.79 Å². The third kappa shape index (κ3) is 4.66. The van der Waals surface area contributed by atoms with Crippen LogP contribution in [-0.4, -0.2) is 24.0 Å². The van der Waals surface area contributed by atoms with Crippen molar-refractivity contribution in [1.82, 2.24) is 0 Å². The fourth-order valence-corrected chi connectivity index (χ4v) is 0.976. The summed E-state index contributed by atoms with van der Waals surface area (Å²) in [4.78, 5) is 13.0. The molecule has 0 saturated heterocycles. The van der Waals surface area contributed by atoms with Gasteiger partial charge in [0.2, 0.25) is 5.91 Å². The van der Waals surface area contributed by atoms with Gasteiger partial charge in [-0.2, -0.15) is 11.8 Å². The van der Waals surface area contributed by atoms with Crippen LogP contribution >= 0.6 is 11.8 Å². The highest BCUT2D eigenvalue weighted by molar-refractivity contribution is 7.98. The number of nitrogens with two attached hydrogens (primary N) is 1. The first kappa shape index (κ1) is 10.3. The molecule has 0 bridgehead atoms. The first-order chi connectivity index (χ1) is 5.22. The molecule has 6 heteroatoms. The molecule has 0 aliphatic carbocycles. The van der Waals surface area contributed by atoms with E-state index in [1.54, 1.807) is 11.8 Å². The van der Waals surface area contributed by atoms with Crippen molar-refractivity contribution in [2.24, 2.45) is 10.8 Å². The van der Waals surface area contributed by atoms with Crippen molar-refractivity contribution in [3.63, 3.8) is 0 Å². The van der Waals surface area contributed by atoms with Gasteiger partial charge in [0.05, 0.1) is 6.04 Å². The van der Waals surface area contributed by atoms with E-state index in [9.17, 15) is 4.79 Å². The topological polar surface area (TPSA) is 91.9 Å². The van der Waals surface area contributed by atoms with E-state index in [0.29, 0.717) is 6.42 Å². The lowest BCUT2D eigenvalue weighted by Gasteiger charge is -2.03. The smallest absolute Gasteiger partial charge is 0.235 e. The summed E-state index contributed by atoms with van der Waals surface area (Å²) in [7, 11) is 0. The van der Waals surface area contributed by atoms with Crippen LogP contribution in [0.3, 0.4) is 0 Å². The zero-order valence-corrected chi connectivity index (χ0v) is 7.04. The molecule has 0 heterocycles. The Morgan fingerprint density at radius 3 is 3.00 bits per heavy atom. The molecule has 0 aliphatic rings. The van der Waals surface area contributed by atoms with Gasteiger partial charge >= 0.3 is 0 Å². The van der Waals surface area contributed by atoms with Crippen LogP contribution in [0.25, 0.3) is 10.4 Å². The number of amides is 1. The molecule has 0 aliphatic heterocycles. The highest BCUT2D eigenvalue weighted by Crippen LogP contribution is 1.99. The van der Waals surface area contributed by atoms with E-state index in [4.69, 9.17) is 11.3 Å². The number of azide groups is 1. The minimum Gasteiger partial charge on any atom is -0.321 e. The van der Waals surface area contributed by atoms with Crippen LogP contribution in [-0.2, 0) is 4.79 Å². The van der Waals surface area contributed by atoms with E-state index in [1.165, 1.54) is 0 Å². The molecular weight excluding hydrogens is 164 g/mol. The monoisotopic (exact) mass is 174 g/mol. The Labute approximate surface area is 69.0 Å². The van der Waals surface area contributed by atoms with E-state index in [1.807, 2.05) is 6.26 Å². The standard InChI is InChI=1S/C5H10N4OS/c1-11-3-2-4(6)5(10)8-9-7/h4H,2-3,6H2,1H3/t4-/m0/s1. The number of hydrogen-bond donors (Lipinski definition) is 1. The second-order valence-electron chi connectivity index (χ2n) is 1.92. The van der Waals surface area contributed by atoms with Crippen molar-refractivity contribution >= 4 is 17.7 Å². The quantitative estimate of drug-likeness (QED) is 0.390. The van der Waals surface area contributed by atoms with Crippen molar-refractivity contribution in [1.29, 1.82) is 0 Å². The molecule has 0 fully saturated rings. The highest BCUT2D eigenvalue weighted by Gasteiger charge is 2.09. The summed E-state index contributed by atoms with van der Waals surface area (Å²) >= 11 is 1.60. The molecule has 2 N–H and O–H groups in total. The number of hydrogen-bond acceptors (Lipinski definition) is 3. The van der Waals surface area contributed by atoms with Crippen LogP contribution in [0.2, 0.25) is 0 Å². The van der Waals surface area contributed by atoms with Gasteiger partial charge in [-0.15, -0.1) is 0 Å². The third-order valence-corrected chi connectivity index (χ3v) is 1.74. The van der Waals surface area contributed by atoms with Crippen LogP contribution in [0.1, 0.15) is 6.42 Å². The molecular formula is C5H10N4OS. The number of carbonyl (C=O) groups excluding carboxylic acids is 1. The fourth-order valence-electron chi connectivity index (χ4n) is 0.487. The molecule has 0 spiro atoms. The number of rotatable bonds is 4. The minimum absolute atomic E-state index is 0.555. The maximum absolute atomic E-state index is 10.7. The van der Waals surface area contributed by atoms with Gasteiger partial charge in [-0.05, 0) is 29.1 Å². The predicted octanol–water partition coefficient (Wildman–Crippen LogP) is 0.904. The molecule has 11 heavy (non-hydrogen) atoms. The summed E-state index contributed by atoms with van der Waals surface area (Å²) < 4.78 is 0. The lowest BCUT2D eigenvalue weighted by Crippen LogP contribution is -2.29. The summed E-state index contributed by atoms with van der Waals surface area (Å²) in [6.45, 7) is 0. The van der Waals surface area contributed by atoms with Crippen LogP contribution in [0.5, 0.6) is 0 Å². The zero-order chi connectivity index (χ0) is 8.69. The largest absolute Gasteiger partial charge is 0.321 e. The first-order valence-electron chi connectivity index (χ1n) is 3.05. The molecule has 1 atom stereocenters. The summed E-state index contributed by atoms with van der Waals surface area (Å²) in [5.41, 5.74) is 13.2. The number of nitrogens with zero attached hydrogens (tertiary/aromatic N) is 3. The average molecular weight is 174 g/mol. The van der Waals surface area contributed by atoms with Gasteiger partial charge < -0.3 is 5.73 Å². The third-order valence-electron chi connectivity index (χ3n) is 1.09. The molecule has 1 amide bonds. The molecule has 0 rings (SSSR count). The normalized spacial score (nSPS) is 11.8. The maximum Gasteiger partial charge on any atom is 0.235 e. The predicted molar refractivity (Wildman–Crippen MR) is 45.1 cm³/mol. The van der Waals surface area contributed by atoms with Gasteiger partial charge in [-0.25, -0.2) is 0 Å². The number of thioether (sulfide) groups is 1. The second kappa shape index (κ2) is 6.03. The van der Waals surface area contributed by atoms with Gasteiger partial charge in [0.15, 0.2) is 0 Å². The van der Waals surface area contributed by atoms with E-state index >= 15 is 0 Å². The lowest BCUT2D eigenvalue weighted by atomic mass is 10.2. The van der Waals surface area contributed by atoms with Crippen molar-refractivity contribution in [2.75, 3.05) is 12.0 Å². The molecule has 0 saturated carbocycles. The minimum atomic E-state index is -0.640.